The molecule has 2 saturated heterocycles. The third-order valence-electron chi connectivity index (χ3n) is 5.64. The Morgan fingerprint density at radius 2 is 1.35 bits per heavy atom. The molecule has 0 radical (unpaired) electrons. The van der Waals surface area contributed by atoms with E-state index in [0.717, 1.165) is 4.90 Å². The van der Waals surface area contributed by atoms with Crippen molar-refractivity contribution in [2.24, 2.45) is 5.92 Å². The molecule has 154 valence electrons. The Morgan fingerprint density at radius 1 is 0.774 bits per heavy atom. The molecule has 7 nitrogen and oxygen atoms in total. The summed E-state index contributed by atoms with van der Waals surface area (Å²) >= 11 is 0. The van der Waals surface area contributed by atoms with E-state index >= 15 is 0 Å². The number of carboxylic acids is 1. The summed E-state index contributed by atoms with van der Waals surface area (Å²) in [6.45, 7) is 0. The molecule has 3 aromatic carbocycles. The number of carbonyl (C=O) groups is 3. The van der Waals surface area contributed by atoms with Gasteiger partial charge in [-0.1, -0.05) is 60.7 Å². The van der Waals surface area contributed by atoms with Crippen LogP contribution in [0.1, 0.15) is 22.0 Å². The molecule has 0 unspecified atom stereocenters. The lowest BCUT2D eigenvalue weighted by molar-refractivity contribution is -0.255. The first kappa shape index (κ1) is 19.0. The first-order valence-corrected chi connectivity index (χ1v) is 9.82. The van der Waals surface area contributed by atoms with Gasteiger partial charge in [0.05, 0.1) is 23.4 Å². The van der Waals surface area contributed by atoms with E-state index in [1.807, 2.05) is 6.07 Å². The molecule has 2 aliphatic heterocycles. The quantitative estimate of drug-likeness (QED) is 0.609. The number of amides is 2. The van der Waals surface area contributed by atoms with Crippen molar-refractivity contribution in [2.75, 3.05) is 9.96 Å². The molecule has 5 rings (SSSR count). The minimum atomic E-state index is -1.36. The van der Waals surface area contributed by atoms with E-state index in [-0.39, 0.29) is 5.56 Å². The van der Waals surface area contributed by atoms with Crippen LogP contribution in [-0.4, -0.2) is 23.9 Å². The first-order valence-electron chi connectivity index (χ1n) is 9.82. The van der Waals surface area contributed by atoms with Crippen molar-refractivity contribution in [1.82, 2.24) is 0 Å². The minimum Gasteiger partial charge on any atom is -0.545 e. The molecule has 3 aromatic rings. The zero-order valence-corrected chi connectivity index (χ0v) is 16.3. The van der Waals surface area contributed by atoms with Gasteiger partial charge in [-0.15, -0.1) is 0 Å². The Morgan fingerprint density at radius 3 is 2.00 bits per heavy atom. The number of hydrogen-bond donors (Lipinski definition) is 0. The molecule has 2 fully saturated rings. The van der Waals surface area contributed by atoms with Crippen molar-refractivity contribution in [3.63, 3.8) is 0 Å². The topological polar surface area (TPSA) is 90.0 Å². The van der Waals surface area contributed by atoms with E-state index in [2.05, 4.69) is 0 Å². The lowest BCUT2D eigenvalue weighted by Gasteiger charge is -2.30. The molecule has 31 heavy (non-hydrogen) atoms. The van der Waals surface area contributed by atoms with Crippen LogP contribution in [0.3, 0.4) is 0 Å². The third-order valence-corrected chi connectivity index (χ3v) is 5.64. The van der Waals surface area contributed by atoms with Gasteiger partial charge in [0.25, 0.3) is 5.91 Å². The Labute approximate surface area is 178 Å². The number of carboxylic acid groups (broad SMARTS) is 1. The van der Waals surface area contributed by atoms with Crippen molar-refractivity contribution in [3.8, 4) is 0 Å². The van der Waals surface area contributed by atoms with Crippen LogP contribution in [0.2, 0.25) is 0 Å². The largest absolute Gasteiger partial charge is 0.545 e. The van der Waals surface area contributed by atoms with Crippen LogP contribution in [0.15, 0.2) is 84.9 Å². The molecule has 7 heteroatoms. The fourth-order valence-corrected chi connectivity index (χ4v) is 4.30. The summed E-state index contributed by atoms with van der Waals surface area (Å²) in [6.07, 6.45) is -1.06. The number of fused-ring (bicyclic) bond motifs is 1. The normalized spacial score (nSPS) is 22.6. The molecule has 0 spiro atoms. The Hall–Kier alpha value is -3.97. The highest BCUT2D eigenvalue weighted by molar-refractivity contribution is 6.24. The number of benzene rings is 3. The smallest absolute Gasteiger partial charge is 0.266 e. The van der Waals surface area contributed by atoms with Gasteiger partial charge in [-0.25, -0.2) is 9.96 Å². The van der Waals surface area contributed by atoms with Gasteiger partial charge < -0.3 is 9.90 Å². The second kappa shape index (κ2) is 7.37. The van der Waals surface area contributed by atoms with Gasteiger partial charge in [0.15, 0.2) is 6.10 Å². The molecule has 3 atom stereocenters. The van der Waals surface area contributed by atoms with E-state index in [9.17, 15) is 19.5 Å². The second-order valence-electron chi connectivity index (χ2n) is 7.38. The van der Waals surface area contributed by atoms with Gasteiger partial charge >= 0.3 is 0 Å². The van der Waals surface area contributed by atoms with E-state index in [0.29, 0.717) is 16.9 Å². The van der Waals surface area contributed by atoms with Crippen LogP contribution >= 0.6 is 0 Å². The van der Waals surface area contributed by atoms with E-state index in [1.54, 1.807) is 72.8 Å². The maximum atomic E-state index is 13.5. The Balaban J connectivity index is 1.64. The molecule has 2 amide bonds. The molecular weight excluding hydrogens is 396 g/mol. The van der Waals surface area contributed by atoms with Crippen LogP contribution in [0.4, 0.5) is 11.4 Å². The average molecular weight is 413 g/mol. The number of anilines is 2. The van der Waals surface area contributed by atoms with Crippen molar-refractivity contribution in [2.45, 2.75) is 12.1 Å². The van der Waals surface area contributed by atoms with Crippen LogP contribution in [0.5, 0.6) is 0 Å². The van der Waals surface area contributed by atoms with Crippen LogP contribution < -0.4 is 15.1 Å². The molecule has 0 bridgehead atoms. The number of imide groups is 1. The monoisotopic (exact) mass is 413 g/mol. The molecule has 0 N–H and O–H groups in total. The zero-order valence-electron chi connectivity index (χ0n) is 16.3. The lowest BCUT2D eigenvalue weighted by Crippen LogP contribution is -2.38. The average Bonchev–Trinajstić information content (AvgIpc) is 3.31. The minimum absolute atomic E-state index is 0.0453. The van der Waals surface area contributed by atoms with Gasteiger partial charge in [0.1, 0.15) is 5.92 Å². The van der Waals surface area contributed by atoms with Gasteiger partial charge in [0, 0.05) is 5.56 Å². The molecule has 2 aliphatic rings. The first-order chi connectivity index (χ1) is 15.1. The number of aromatic carboxylic acids is 1. The molecule has 0 aromatic heterocycles. The summed E-state index contributed by atoms with van der Waals surface area (Å²) in [6, 6.07) is 23.1. The number of hydroxylamine groups is 1. The highest BCUT2D eigenvalue weighted by Gasteiger charge is 2.60. The highest BCUT2D eigenvalue weighted by atomic mass is 16.7. The van der Waals surface area contributed by atoms with E-state index in [1.165, 1.54) is 11.1 Å². The van der Waals surface area contributed by atoms with Gasteiger partial charge in [-0.3, -0.25) is 14.4 Å². The van der Waals surface area contributed by atoms with Gasteiger partial charge in [0.2, 0.25) is 5.91 Å². The summed E-state index contributed by atoms with van der Waals surface area (Å²) in [5.41, 5.74) is 1.38. The maximum Gasteiger partial charge on any atom is 0.266 e. The summed E-state index contributed by atoms with van der Waals surface area (Å²) < 4.78 is 0. The summed E-state index contributed by atoms with van der Waals surface area (Å²) in [4.78, 5) is 45.6. The van der Waals surface area contributed by atoms with Crippen LogP contribution in [0, 0.1) is 5.92 Å². The highest BCUT2D eigenvalue weighted by Crippen LogP contribution is 2.48. The van der Waals surface area contributed by atoms with Crippen molar-refractivity contribution in [3.05, 3.63) is 96.1 Å². The summed E-state index contributed by atoms with van der Waals surface area (Å²) in [5.74, 6) is -3.18. The van der Waals surface area contributed by atoms with Crippen molar-refractivity contribution in [1.29, 1.82) is 0 Å². The molecular formula is C24H17N2O5-. The SMILES string of the molecule is O=C([O-])c1ccccc1[C@@H]1[C@H]2C(=O)N(c3ccccc3)C(=O)[C@@H]2ON1c1ccccc1. The fraction of sp³-hybridized carbons (Fsp3) is 0.125. The van der Waals surface area contributed by atoms with E-state index < -0.39 is 35.8 Å². The predicted molar refractivity (Wildman–Crippen MR) is 110 cm³/mol. The third kappa shape index (κ3) is 2.98. The predicted octanol–water partition coefficient (Wildman–Crippen LogP) is 2.10. The fourth-order valence-electron chi connectivity index (χ4n) is 4.30. The zero-order chi connectivity index (χ0) is 21.5. The number of para-hydroxylation sites is 2. The molecule has 0 saturated carbocycles. The van der Waals surface area contributed by atoms with Crippen molar-refractivity contribution < 1.29 is 24.3 Å². The standard InChI is InChI=1S/C24H18N2O5/c27-22-19-20(17-13-7-8-14-18(17)24(29)30)26(16-11-5-2-6-12-16)31-21(19)23(28)25(22)15-9-3-1-4-10-15/h1-14,19-21H,(H,29,30)/p-1/t19-,20-,21-/m1/s1. The van der Waals surface area contributed by atoms with Crippen LogP contribution in [0.25, 0.3) is 0 Å². The van der Waals surface area contributed by atoms with Gasteiger partial charge in [-0.2, -0.15) is 0 Å². The number of rotatable bonds is 4. The van der Waals surface area contributed by atoms with Gasteiger partial charge in [-0.05, 0) is 29.8 Å². The van der Waals surface area contributed by atoms with Crippen LogP contribution in [-0.2, 0) is 14.4 Å². The molecule has 2 heterocycles. The Bertz CT molecular complexity index is 1160. The second-order valence-corrected chi connectivity index (χ2v) is 7.38. The van der Waals surface area contributed by atoms with Crippen molar-refractivity contribution >= 4 is 29.2 Å². The number of carbonyl (C=O) groups excluding carboxylic acids is 3. The maximum absolute atomic E-state index is 13.5. The molecule has 0 aliphatic carbocycles. The van der Waals surface area contributed by atoms with E-state index in [4.69, 9.17) is 4.84 Å². The number of hydrogen-bond acceptors (Lipinski definition) is 6. The Kier molecular flexibility index (Phi) is 4.52. The summed E-state index contributed by atoms with van der Waals surface area (Å²) in [7, 11) is 0. The lowest BCUT2D eigenvalue weighted by atomic mass is 9.88. The number of nitrogens with zero attached hydrogens (tertiary/aromatic N) is 2. The summed E-state index contributed by atoms with van der Waals surface area (Å²) in [5, 5.41) is 13.3.